The number of carbonyl (C=O) groups is 2. The van der Waals surface area contributed by atoms with E-state index in [-0.39, 0.29) is 24.5 Å². The van der Waals surface area contributed by atoms with Gasteiger partial charge in [-0.25, -0.2) is 0 Å². The number of aliphatic imine (C=N–C) groups is 1. The van der Waals surface area contributed by atoms with E-state index >= 15 is 0 Å². The van der Waals surface area contributed by atoms with Crippen molar-refractivity contribution in [1.29, 1.82) is 0 Å². The lowest BCUT2D eigenvalue weighted by atomic mass is 10.1. The first-order chi connectivity index (χ1) is 13.2. The fourth-order valence-corrected chi connectivity index (χ4v) is 3.99. The van der Waals surface area contributed by atoms with E-state index in [1.807, 2.05) is 16.0 Å². The molecule has 2 saturated heterocycles. The predicted molar refractivity (Wildman–Crippen MR) is 101 cm³/mol. The van der Waals surface area contributed by atoms with E-state index in [0.717, 1.165) is 45.3 Å². The maximum atomic E-state index is 12.8. The highest BCUT2D eigenvalue weighted by molar-refractivity contribution is 6.03. The van der Waals surface area contributed by atoms with Gasteiger partial charge in [0.05, 0.1) is 37.4 Å². The lowest BCUT2D eigenvalue weighted by molar-refractivity contribution is -0.130. The van der Waals surface area contributed by atoms with Crippen molar-refractivity contribution < 1.29 is 19.1 Å². The van der Waals surface area contributed by atoms with E-state index in [4.69, 9.17) is 9.47 Å². The van der Waals surface area contributed by atoms with Crippen molar-refractivity contribution in [3.8, 4) is 11.5 Å². The number of ether oxygens (including phenoxy) is 2. The van der Waals surface area contributed by atoms with Gasteiger partial charge in [0.1, 0.15) is 0 Å². The molecule has 1 atom stereocenters. The topological polar surface area (TPSA) is 71.4 Å². The number of carbonyl (C=O) groups excluding carboxylic acids is 2. The van der Waals surface area contributed by atoms with E-state index in [1.165, 1.54) is 0 Å². The number of fused-ring (bicyclic) bond motifs is 2. The van der Waals surface area contributed by atoms with E-state index < -0.39 is 0 Å². The summed E-state index contributed by atoms with van der Waals surface area (Å²) in [6.45, 7) is 2.72. The van der Waals surface area contributed by atoms with E-state index in [9.17, 15) is 9.59 Å². The molecule has 2 fully saturated rings. The number of amides is 2. The van der Waals surface area contributed by atoms with Gasteiger partial charge in [0.15, 0.2) is 11.5 Å². The normalized spacial score (nSPS) is 21.1. The Morgan fingerprint density at radius 3 is 2.78 bits per heavy atom. The Morgan fingerprint density at radius 2 is 2.00 bits per heavy atom. The Kier molecular flexibility index (Phi) is 5.01. The number of methoxy groups -OCH3 is 1. The van der Waals surface area contributed by atoms with Crippen LogP contribution in [-0.4, -0.2) is 67.2 Å². The van der Waals surface area contributed by atoms with Crippen LogP contribution in [0.3, 0.4) is 0 Å². The molecule has 4 rings (SSSR count). The van der Waals surface area contributed by atoms with Gasteiger partial charge in [-0.3, -0.25) is 14.6 Å². The lowest BCUT2D eigenvalue weighted by Gasteiger charge is -2.20. The number of rotatable bonds is 5. The van der Waals surface area contributed by atoms with Crippen LogP contribution in [0.5, 0.6) is 11.5 Å². The zero-order chi connectivity index (χ0) is 18.8. The molecule has 27 heavy (non-hydrogen) atoms. The average molecular weight is 371 g/mol. The van der Waals surface area contributed by atoms with Crippen LogP contribution in [0, 0.1) is 0 Å². The second-order valence-electron chi connectivity index (χ2n) is 7.19. The van der Waals surface area contributed by atoms with Gasteiger partial charge in [0, 0.05) is 31.9 Å². The smallest absolute Gasteiger partial charge is 0.256 e. The molecule has 7 nitrogen and oxygen atoms in total. The molecule has 0 bridgehead atoms. The van der Waals surface area contributed by atoms with E-state index in [2.05, 4.69) is 4.99 Å². The highest BCUT2D eigenvalue weighted by Gasteiger charge is 2.32. The Hall–Kier alpha value is -2.57. The second-order valence-corrected chi connectivity index (χ2v) is 7.19. The van der Waals surface area contributed by atoms with Crippen LogP contribution in [0.1, 0.15) is 42.5 Å². The largest absolute Gasteiger partial charge is 0.493 e. The monoisotopic (exact) mass is 371 g/mol. The van der Waals surface area contributed by atoms with Crippen molar-refractivity contribution in [2.45, 2.75) is 38.1 Å². The van der Waals surface area contributed by atoms with Gasteiger partial charge >= 0.3 is 0 Å². The van der Waals surface area contributed by atoms with E-state index in [0.29, 0.717) is 29.2 Å². The predicted octanol–water partition coefficient (Wildman–Crippen LogP) is 2.41. The van der Waals surface area contributed by atoms with Crippen LogP contribution < -0.4 is 9.47 Å². The number of likely N-dealkylation sites (tertiary alicyclic amines) is 1. The quantitative estimate of drug-likeness (QED) is 0.797. The Balaban J connectivity index is 1.49. The fourth-order valence-electron chi connectivity index (χ4n) is 3.99. The van der Waals surface area contributed by atoms with Gasteiger partial charge < -0.3 is 19.3 Å². The van der Waals surface area contributed by atoms with Gasteiger partial charge in [-0.15, -0.1) is 0 Å². The van der Waals surface area contributed by atoms with Crippen LogP contribution in [0.4, 0.5) is 5.69 Å². The van der Waals surface area contributed by atoms with Crippen molar-refractivity contribution in [1.82, 2.24) is 9.80 Å². The van der Waals surface area contributed by atoms with Crippen LogP contribution in [0.25, 0.3) is 0 Å². The minimum absolute atomic E-state index is 0.0148. The third-order valence-electron chi connectivity index (χ3n) is 5.49. The molecule has 0 aromatic heterocycles. The van der Waals surface area contributed by atoms with Crippen molar-refractivity contribution in [3.63, 3.8) is 0 Å². The minimum atomic E-state index is -0.0148. The molecule has 1 aromatic carbocycles. The van der Waals surface area contributed by atoms with Crippen molar-refractivity contribution in [3.05, 3.63) is 17.7 Å². The van der Waals surface area contributed by atoms with Gasteiger partial charge in [-0.1, -0.05) is 0 Å². The molecule has 3 aliphatic heterocycles. The SMILES string of the molecule is COc1cc2c(cc1OCCC(=O)N1CCCC1)N=C[C@@H]1CCCN1C2=O. The molecular weight excluding hydrogens is 346 g/mol. The molecule has 0 radical (unpaired) electrons. The molecule has 3 heterocycles. The van der Waals surface area contributed by atoms with Crippen LogP contribution in [0.2, 0.25) is 0 Å². The Labute approximate surface area is 158 Å². The summed E-state index contributed by atoms with van der Waals surface area (Å²) < 4.78 is 11.2. The van der Waals surface area contributed by atoms with Gasteiger partial charge in [0.2, 0.25) is 5.91 Å². The standard InChI is InChI=1S/C20H25N3O4/c1-26-17-11-15-16(21-13-14-5-4-9-23(14)20(15)25)12-18(17)27-10-6-19(24)22-7-2-3-8-22/h11-14H,2-10H2,1H3/t14-/m0/s1. The Morgan fingerprint density at radius 1 is 1.19 bits per heavy atom. The van der Waals surface area contributed by atoms with Gasteiger partial charge in [0.25, 0.3) is 5.91 Å². The summed E-state index contributed by atoms with van der Waals surface area (Å²) >= 11 is 0. The molecule has 1 aromatic rings. The summed E-state index contributed by atoms with van der Waals surface area (Å²) in [7, 11) is 1.55. The summed E-state index contributed by atoms with van der Waals surface area (Å²) in [5.41, 5.74) is 1.13. The number of hydrogen-bond donors (Lipinski definition) is 0. The van der Waals surface area contributed by atoms with Crippen molar-refractivity contribution >= 4 is 23.7 Å². The zero-order valence-electron chi connectivity index (χ0n) is 15.6. The summed E-state index contributed by atoms with van der Waals surface area (Å²) in [5.74, 6) is 1.11. The third-order valence-corrected chi connectivity index (χ3v) is 5.49. The van der Waals surface area contributed by atoms with Crippen molar-refractivity contribution in [2.24, 2.45) is 4.99 Å². The third kappa shape index (κ3) is 3.50. The first-order valence-corrected chi connectivity index (χ1v) is 9.65. The summed E-state index contributed by atoms with van der Waals surface area (Å²) in [5, 5.41) is 0. The molecule has 3 aliphatic rings. The number of benzene rings is 1. The molecular formula is C20H25N3O4. The highest BCUT2D eigenvalue weighted by Crippen LogP contribution is 2.38. The molecule has 2 amide bonds. The van der Waals surface area contributed by atoms with Crippen LogP contribution in [0.15, 0.2) is 17.1 Å². The van der Waals surface area contributed by atoms with Crippen LogP contribution >= 0.6 is 0 Å². The second kappa shape index (κ2) is 7.58. The zero-order valence-corrected chi connectivity index (χ0v) is 15.6. The molecule has 0 saturated carbocycles. The average Bonchev–Trinajstić information content (AvgIpc) is 3.35. The van der Waals surface area contributed by atoms with Crippen molar-refractivity contribution in [2.75, 3.05) is 33.4 Å². The highest BCUT2D eigenvalue weighted by atomic mass is 16.5. The number of nitrogens with zero attached hydrogens (tertiary/aromatic N) is 3. The Bertz CT molecular complexity index is 771. The maximum absolute atomic E-state index is 12.8. The molecule has 0 spiro atoms. The first kappa shape index (κ1) is 17.8. The molecule has 144 valence electrons. The molecule has 0 aliphatic carbocycles. The fraction of sp³-hybridized carbons (Fsp3) is 0.550. The van der Waals surface area contributed by atoms with E-state index in [1.54, 1.807) is 19.2 Å². The summed E-state index contributed by atoms with van der Waals surface area (Å²) in [4.78, 5) is 33.3. The summed E-state index contributed by atoms with van der Waals surface area (Å²) in [6.07, 6.45) is 6.29. The summed E-state index contributed by atoms with van der Waals surface area (Å²) in [6, 6.07) is 3.51. The first-order valence-electron chi connectivity index (χ1n) is 9.65. The maximum Gasteiger partial charge on any atom is 0.256 e. The molecule has 0 unspecified atom stereocenters. The van der Waals surface area contributed by atoms with Gasteiger partial charge in [-0.2, -0.15) is 0 Å². The molecule has 0 N–H and O–H groups in total. The lowest BCUT2D eigenvalue weighted by Crippen LogP contribution is -2.35. The molecule has 7 heteroatoms. The van der Waals surface area contributed by atoms with Gasteiger partial charge in [-0.05, 0) is 31.7 Å². The van der Waals surface area contributed by atoms with Crippen LogP contribution in [-0.2, 0) is 4.79 Å². The number of hydrogen-bond acceptors (Lipinski definition) is 5. The minimum Gasteiger partial charge on any atom is -0.493 e.